The predicted molar refractivity (Wildman–Crippen MR) is 63.2 cm³/mol. The van der Waals surface area contributed by atoms with Gasteiger partial charge in [0, 0.05) is 23.4 Å². The number of azide groups is 1. The number of benzene rings is 1. The summed E-state index contributed by atoms with van der Waals surface area (Å²) in [6, 6.07) is 6.09. The predicted octanol–water partition coefficient (Wildman–Crippen LogP) is 3.12. The van der Waals surface area contributed by atoms with Gasteiger partial charge in [0.1, 0.15) is 5.82 Å². The minimum atomic E-state index is -0.821. The van der Waals surface area contributed by atoms with Crippen LogP contribution in [-0.4, -0.2) is 19.8 Å². The van der Waals surface area contributed by atoms with Crippen LogP contribution in [0.25, 0.3) is 10.4 Å². The fourth-order valence-corrected chi connectivity index (χ4v) is 2.04. The first-order chi connectivity index (χ1) is 8.77. The van der Waals surface area contributed by atoms with Crippen LogP contribution in [-0.2, 0) is 15.3 Å². The maximum Gasteiger partial charge on any atom is 0.194 e. The summed E-state index contributed by atoms with van der Waals surface area (Å²) in [5.41, 5.74) is 9.02. The molecule has 1 fully saturated rings. The summed E-state index contributed by atoms with van der Waals surface area (Å²) in [5.74, 6) is -1.11. The highest BCUT2D eigenvalue weighted by molar-refractivity contribution is 5.21. The Morgan fingerprint density at radius 3 is 2.56 bits per heavy atom. The first-order valence-electron chi connectivity index (χ1n) is 5.82. The van der Waals surface area contributed by atoms with Crippen molar-refractivity contribution < 1.29 is 13.9 Å². The van der Waals surface area contributed by atoms with Crippen LogP contribution in [0.3, 0.4) is 0 Å². The average Bonchev–Trinajstić information content (AvgIpc) is 2.85. The average molecular weight is 251 g/mol. The van der Waals surface area contributed by atoms with Gasteiger partial charge in [-0.1, -0.05) is 17.2 Å². The van der Waals surface area contributed by atoms with Gasteiger partial charge in [-0.3, -0.25) is 0 Å². The lowest BCUT2D eigenvalue weighted by Crippen LogP contribution is -2.27. The van der Waals surface area contributed by atoms with Crippen molar-refractivity contribution in [2.45, 2.75) is 18.6 Å². The molecular formula is C12H14FN3O2. The zero-order valence-corrected chi connectivity index (χ0v) is 9.88. The molecule has 0 N–H and O–H groups in total. The van der Waals surface area contributed by atoms with Gasteiger partial charge in [0.25, 0.3) is 0 Å². The van der Waals surface area contributed by atoms with E-state index in [-0.39, 0.29) is 5.82 Å². The van der Waals surface area contributed by atoms with Crippen LogP contribution >= 0.6 is 0 Å². The lowest BCUT2D eigenvalue weighted by atomic mass is 10.0. The van der Waals surface area contributed by atoms with Crippen LogP contribution in [0.5, 0.6) is 0 Å². The lowest BCUT2D eigenvalue weighted by Gasteiger charge is -2.27. The lowest BCUT2D eigenvalue weighted by molar-refractivity contribution is -0.171. The van der Waals surface area contributed by atoms with Crippen molar-refractivity contribution in [3.63, 3.8) is 0 Å². The molecule has 0 bridgehead atoms. The second-order valence-corrected chi connectivity index (χ2v) is 4.01. The largest absolute Gasteiger partial charge is 0.343 e. The van der Waals surface area contributed by atoms with Gasteiger partial charge in [-0.05, 0) is 24.1 Å². The molecule has 1 saturated heterocycles. The molecule has 0 aliphatic carbocycles. The molecule has 5 nitrogen and oxygen atoms in total. The molecule has 0 saturated carbocycles. The molecule has 0 radical (unpaired) electrons. The van der Waals surface area contributed by atoms with Crippen molar-refractivity contribution in [1.29, 1.82) is 0 Å². The van der Waals surface area contributed by atoms with Gasteiger partial charge >= 0.3 is 0 Å². The van der Waals surface area contributed by atoms with E-state index in [1.807, 2.05) is 0 Å². The van der Waals surface area contributed by atoms with Crippen molar-refractivity contribution in [2.75, 3.05) is 19.8 Å². The molecule has 0 unspecified atom stereocenters. The van der Waals surface area contributed by atoms with Gasteiger partial charge in [-0.2, -0.15) is 0 Å². The molecule has 0 amide bonds. The molecule has 0 aromatic heterocycles. The van der Waals surface area contributed by atoms with E-state index in [2.05, 4.69) is 10.0 Å². The van der Waals surface area contributed by atoms with Crippen LogP contribution in [0, 0.1) is 5.82 Å². The fourth-order valence-electron chi connectivity index (χ4n) is 2.04. The summed E-state index contributed by atoms with van der Waals surface area (Å²) in [4.78, 5) is 2.70. The van der Waals surface area contributed by atoms with Gasteiger partial charge in [-0.15, -0.1) is 0 Å². The van der Waals surface area contributed by atoms with Crippen molar-refractivity contribution >= 4 is 0 Å². The normalized spacial score (nSPS) is 17.4. The highest BCUT2D eigenvalue weighted by Gasteiger charge is 2.37. The zero-order valence-electron chi connectivity index (χ0n) is 9.88. The second kappa shape index (κ2) is 5.82. The summed E-state index contributed by atoms with van der Waals surface area (Å²) in [6.45, 7) is 1.42. The van der Waals surface area contributed by atoms with Crippen molar-refractivity contribution in [3.8, 4) is 0 Å². The molecule has 1 aliphatic rings. The molecule has 18 heavy (non-hydrogen) atoms. The first kappa shape index (κ1) is 12.8. The Morgan fingerprint density at radius 1 is 1.28 bits per heavy atom. The molecular weight excluding hydrogens is 237 g/mol. The van der Waals surface area contributed by atoms with E-state index in [1.54, 1.807) is 12.1 Å². The molecule has 1 aliphatic heterocycles. The number of nitrogens with zero attached hydrogens (tertiary/aromatic N) is 3. The Hall–Kier alpha value is -1.62. The second-order valence-electron chi connectivity index (χ2n) is 4.01. The molecule has 1 heterocycles. The van der Waals surface area contributed by atoms with Gasteiger partial charge in [0.05, 0.1) is 13.2 Å². The Kier molecular flexibility index (Phi) is 4.15. The SMILES string of the molecule is [N-]=[N+]=NCCCC1(c2ccc(F)cc2)OCCO1. The monoisotopic (exact) mass is 251 g/mol. The highest BCUT2D eigenvalue weighted by atomic mass is 19.1. The maximum atomic E-state index is 12.9. The van der Waals surface area contributed by atoms with Crippen molar-refractivity contribution in [1.82, 2.24) is 0 Å². The third kappa shape index (κ3) is 2.79. The number of hydrogen-bond acceptors (Lipinski definition) is 3. The van der Waals surface area contributed by atoms with Crippen LogP contribution in [0.1, 0.15) is 18.4 Å². The van der Waals surface area contributed by atoms with Crippen LogP contribution in [0.4, 0.5) is 4.39 Å². The fraction of sp³-hybridized carbons (Fsp3) is 0.500. The van der Waals surface area contributed by atoms with E-state index >= 15 is 0 Å². The van der Waals surface area contributed by atoms with E-state index < -0.39 is 5.79 Å². The quantitative estimate of drug-likeness (QED) is 0.349. The third-order valence-electron chi connectivity index (χ3n) is 2.87. The number of halogens is 1. The Labute approximate surface area is 104 Å². The molecule has 6 heteroatoms. The number of hydrogen-bond donors (Lipinski definition) is 0. The topological polar surface area (TPSA) is 67.2 Å². The van der Waals surface area contributed by atoms with Crippen molar-refractivity contribution in [2.24, 2.45) is 5.11 Å². The van der Waals surface area contributed by atoms with Crippen LogP contribution < -0.4 is 0 Å². The third-order valence-corrected chi connectivity index (χ3v) is 2.87. The van der Waals surface area contributed by atoms with Gasteiger partial charge < -0.3 is 9.47 Å². The van der Waals surface area contributed by atoms with Crippen LogP contribution in [0.15, 0.2) is 29.4 Å². The van der Waals surface area contributed by atoms with E-state index in [0.717, 1.165) is 5.56 Å². The molecule has 96 valence electrons. The minimum Gasteiger partial charge on any atom is -0.343 e. The smallest absolute Gasteiger partial charge is 0.194 e. The Balaban J connectivity index is 2.10. The van der Waals surface area contributed by atoms with Gasteiger partial charge in [-0.25, -0.2) is 4.39 Å². The molecule has 2 rings (SSSR count). The van der Waals surface area contributed by atoms with E-state index in [4.69, 9.17) is 15.0 Å². The molecule has 1 aromatic rings. The first-order valence-corrected chi connectivity index (χ1v) is 5.82. The number of rotatable bonds is 5. The summed E-state index contributed by atoms with van der Waals surface area (Å²) >= 11 is 0. The Morgan fingerprint density at radius 2 is 1.94 bits per heavy atom. The summed E-state index contributed by atoms with van der Waals surface area (Å²) in [5, 5.41) is 3.48. The maximum absolute atomic E-state index is 12.9. The summed E-state index contributed by atoms with van der Waals surface area (Å²) < 4.78 is 24.2. The summed E-state index contributed by atoms with van der Waals surface area (Å²) in [6.07, 6.45) is 1.24. The summed E-state index contributed by atoms with van der Waals surface area (Å²) in [7, 11) is 0. The molecule has 0 spiro atoms. The zero-order chi connectivity index (χ0) is 12.8. The van der Waals surface area contributed by atoms with E-state index in [1.165, 1.54) is 12.1 Å². The van der Waals surface area contributed by atoms with Gasteiger partial charge in [0.15, 0.2) is 5.79 Å². The molecule has 0 atom stereocenters. The standard InChI is InChI=1S/C12H14FN3O2/c13-11-4-2-10(3-5-11)12(17-8-9-18-12)6-1-7-15-16-14/h2-5H,1,6-9H2. The van der Waals surface area contributed by atoms with E-state index in [0.29, 0.717) is 32.6 Å². The van der Waals surface area contributed by atoms with E-state index in [9.17, 15) is 4.39 Å². The highest BCUT2D eigenvalue weighted by Crippen LogP contribution is 2.35. The van der Waals surface area contributed by atoms with Gasteiger partial charge in [0.2, 0.25) is 0 Å². The minimum absolute atomic E-state index is 0.291. The van der Waals surface area contributed by atoms with Crippen LogP contribution in [0.2, 0.25) is 0 Å². The molecule has 1 aromatic carbocycles. The number of ether oxygens (including phenoxy) is 2. The van der Waals surface area contributed by atoms with Crippen molar-refractivity contribution in [3.05, 3.63) is 46.1 Å². The Bertz CT molecular complexity index is 437.